The quantitative estimate of drug-likeness (QED) is 0.679. The van der Waals surface area contributed by atoms with Crippen LogP contribution >= 0.6 is 0 Å². The molecule has 140 valence electrons. The van der Waals surface area contributed by atoms with Gasteiger partial charge in [0.25, 0.3) is 0 Å². The van der Waals surface area contributed by atoms with Crippen molar-refractivity contribution in [3.05, 3.63) is 30.7 Å². The third-order valence-corrected chi connectivity index (χ3v) is 6.85. The van der Waals surface area contributed by atoms with Crippen LogP contribution in [0.1, 0.15) is 51.0 Å². The van der Waals surface area contributed by atoms with Crippen LogP contribution in [0.5, 0.6) is 0 Å². The number of nitrogens with zero attached hydrogens (tertiary/aromatic N) is 1. The summed E-state index contributed by atoms with van der Waals surface area (Å²) in [6.45, 7) is 0. The highest BCUT2D eigenvalue weighted by Gasteiger charge is 2.29. The number of aromatic nitrogens is 2. The first-order valence-corrected chi connectivity index (χ1v) is 11.0. The lowest BCUT2D eigenvalue weighted by atomic mass is 9.95. The monoisotopic (exact) mass is 375 g/mol. The number of imidazole rings is 1. The number of sulfonamides is 1. The van der Waals surface area contributed by atoms with Crippen molar-refractivity contribution in [1.29, 1.82) is 0 Å². The van der Waals surface area contributed by atoms with Gasteiger partial charge in [-0.05, 0) is 50.9 Å². The minimum absolute atomic E-state index is 0.289. The fourth-order valence-electron chi connectivity index (χ4n) is 3.72. The molecule has 6 nitrogen and oxygen atoms in total. The summed E-state index contributed by atoms with van der Waals surface area (Å²) in [4.78, 5) is 3.61. The van der Waals surface area contributed by atoms with Gasteiger partial charge in [-0.3, -0.25) is 0 Å². The van der Waals surface area contributed by atoms with Crippen LogP contribution < -0.4 is 14.6 Å². The molecule has 0 unspecified atom stereocenters. The Morgan fingerprint density at radius 3 is 2.58 bits per heavy atom. The van der Waals surface area contributed by atoms with E-state index in [1.807, 2.05) is 12.4 Å². The molecule has 2 aromatic rings. The van der Waals surface area contributed by atoms with E-state index in [-0.39, 0.29) is 4.90 Å². The average molecular weight is 376 g/mol. The number of rotatable bonds is 6. The Hall–Kier alpha value is -1.86. The number of hydrogen-bond donors (Lipinski definition) is 3. The van der Waals surface area contributed by atoms with Gasteiger partial charge >= 0.3 is 0 Å². The second kappa shape index (κ2) is 7.04. The SMILES string of the molecule is CNS(=O)(=O)c1ccc(NC2CCCCC2)c(-c2c[n+](C3CC3)c[nH]2)c1. The standard InChI is InChI=1S/C19H26N4O2S/c1-20-26(24,25)16-9-10-18(22-14-5-3-2-4-6-14)17(11-16)19-12-23(13-21-19)15-7-8-15/h9-15,20,22H,2-8H2,1H3/p+1. The molecule has 0 spiro atoms. The lowest BCUT2D eigenvalue weighted by Crippen LogP contribution is -2.28. The highest BCUT2D eigenvalue weighted by Crippen LogP contribution is 2.33. The summed E-state index contributed by atoms with van der Waals surface area (Å²) < 4.78 is 29.1. The number of nitrogens with one attached hydrogen (secondary N) is 3. The topological polar surface area (TPSA) is 77.9 Å². The Bertz CT molecular complexity index is 881. The highest BCUT2D eigenvalue weighted by atomic mass is 32.2. The van der Waals surface area contributed by atoms with Crippen molar-refractivity contribution in [2.45, 2.75) is 61.9 Å². The van der Waals surface area contributed by atoms with Crippen LogP contribution in [0.4, 0.5) is 5.69 Å². The average Bonchev–Trinajstić information content (AvgIpc) is 3.40. The summed E-state index contributed by atoms with van der Waals surface area (Å²) >= 11 is 0. The first-order valence-electron chi connectivity index (χ1n) is 9.50. The van der Waals surface area contributed by atoms with E-state index in [4.69, 9.17) is 0 Å². The minimum Gasteiger partial charge on any atom is -0.382 e. The maximum Gasteiger partial charge on any atom is 0.242 e. The summed E-state index contributed by atoms with van der Waals surface area (Å²) in [5, 5.41) is 3.65. The molecule has 2 fully saturated rings. The van der Waals surface area contributed by atoms with Crippen molar-refractivity contribution in [2.75, 3.05) is 12.4 Å². The normalized spacial score (nSPS) is 18.8. The van der Waals surface area contributed by atoms with Crippen molar-refractivity contribution in [2.24, 2.45) is 0 Å². The van der Waals surface area contributed by atoms with E-state index in [0.29, 0.717) is 12.1 Å². The zero-order valence-corrected chi connectivity index (χ0v) is 16.0. The molecule has 26 heavy (non-hydrogen) atoms. The molecule has 2 saturated carbocycles. The van der Waals surface area contributed by atoms with Crippen molar-refractivity contribution >= 4 is 15.7 Å². The third-order valence-electron chi connectivity index (χ3n) is 5.44. The Labute approximate surface area is 155 Å². The zero-order valence-electron chi connectivity index (χ0n) is 15.2. The van der Waals surface area contributed by atoms with E-state index in [1.54, 1.807) is 12.1 Å². The summed E-state index contributed by atoms with van der Waals surface area (Å²) in [7, 11) is -2.03. The van der Waals surface area contributed by atoms with Gasteiger partial charge in [-0.25, -0.2) is 22.7 Å². The van der Waals surface area contributed by atoms with Crippen molar-refractivity contribution in [3.8, 4) is 11.3 Å². The minimum atomic E-state index is -3.47. The lowest BCUT2D eigenvalue weighted by molar-refractivity contribution is -0.699. The number of anilines is 1. The van der Waals surface area contributed by atoms with Gasteiger partial charge in [-0.2, -0.15) is 0 Å². The molecule has 0 aliphatic heterocycles. The maximum absolute atomic E-state index is 12.3. The molecular formula is C19H27N4O2S+. The van der Waals surface area contributed by atoms with E-state index in [0.717, 1.165) is 16.9 Å². The number of hydrogen-bond acceptors (Lipinski definition) is 3. The summed E-state index contributed by atoms with van der Waals surface area (Å²) in [6, 6.07) is 6.38. The molecule has 2 aliphatic rings. The molecule has 7 heteroatoms. The number of benzene rings is 1. The van der Waals surface area contributed by atoms with E-state index < -0.39 is 10.0 Å². The first kappa shape index (κ1) is 17.5. The maximum atomic E-state index is 12.3. The van der Waals surface area contributed by atoms with Gasteiger partial charge in [0.1, 0.15) is 12.2 Å². The van der Waals surface area contributed by atoms with Gasteiger partial charge in [-0.1, -0.05) is 19.3 Å². The van der Waals surface area contributed by atoms with Gasteiger partial charge < -0.3 is 5.32 Å². The largest absolute Gasteiger partial charge is 0.382 e. The Kier molecular flexibility index (Phi) is 4.75. The molecule has 1 heterocycles. The van der Waals surface area contributed by atoms with Crippen LogP contribution in [0.15, 0.2) is 35.6 Å². The summed E-state index contributed by atoms with van der Waals surface area (Å²) in [5.41, 5.74) is 2.85. The van der Waals surface area contributed by atoms with Crippen molar-refractivity contribution in [1.82, 2.24) is 9.71 Å². The molecule has 0 bridgehead atoms. The fraction of sp³-hybridized carbons (Fsp3) is 0.526. The second-order valence-corrected chi connectivity index (χ2v) is 9.28. The molecule has 0 atom stereocenters. The molecular weight excluding hydrogens is 348 g/mol. The predicted molar refractivity (Wildman–Crippen MR) is 101 cm³/mol. The molecule has 3 N–H and O–H groups in total. The van der Waals surface area contributed by atoms with Crippen LogP contribution in [0, 0.1) is 0 Å². The Balaban J connectivity index is 1.71. The van der Waals surface area contributed by atoms with Gasteiger partial charge in [0, 0.05) is 17.3 Å². The van der Waals surface area contributed by atoms with Gasteiger partial charge in [0.05, 0.1) is 4.90 Å². The predicted octanol–water partition coefficient (Wildman–Crippen LogP) is 2.96. The van der Waals surface area contributed by atoms with Crippen LogP contribution in [0.3, 0.4) is 0 Å². The van der Waals surface area contributed by atoms with E-state index >= 15 is 0 Å². The molecule has 1 aromatic carbocycles. The molecule has 4 rings (SSSR count). The fourth-order valence-corrected chi connectivity index (χ4v) is 4.48. The molecule has 0 saturated heterocycles. The van der Waals surface area contributed by atoms with Gasteiger partial charge in [0.2, 0.25) is 16.4 Å². The Morgan fingerprint density at radius 2 is 1.88 bits per heavy atom. The molecule has 1 aromatic heterocycles. The van der Waals surface area contributed by atoms with E-state index in [1.165, 1.54) is 52.0 Å². The number of H-pyrrole nitrogens is 1. The smallest absolute Gasteiger partial charge is 0.242 e. The highest BCUT2D eigenvalue weighted by molar-refractivity contribution is 7.89. The second-order valence-electron chi connectivity index (χ2n) is 7.39. The van der Waals surface area contributed by atoms with Gasteiger partial charge in [-0.15, -0.1) is 0 Å². The summed E-state index contributed by atoms with van der Waals surface area (Å²) in [6.07, 6.45) is 12.7. The van der Waals surface area contributed by atoms with E-state index in [2.05, 4.69) is 25.8 Å². The summed E-state index contributed by atoms with van der Waals surface area (Å²) in [5.74, 6) is 0. The molecule has 0 amide bonds. The molecule has 0 radical (unpaired) electrons. The van der Waals surface area contributed by atoms with Crippen LogP contribution in [-0.4, -0.2) is 26.5 Å². The lowest BCUT2D eigenvalue weighted by Gasteiger charge is -2.25. The first-order chi connectivity index (χ1) is 12.6. The van der Waals surface area contributed by atoms with Crippen molar-refractivity contribution < 1.29 is 13.0 Å². The van der Waals surface area contributed by atoms with Gasteiger partial charge in [0.15, 0.2) is 5.69 Å². The zero-order chi connectivity index (χ0) is 18.1. The van der Waals surface area contributed by atoms with Crippen LogP contribution in [-0.2, 0) is 10.0 Å². The van der Waals surface area contributed by atoms with Crippen LogP contribution in [0.25, 0.3) is 11.3 Å². The Morgan fingerprint density at radius 1 is 1.12 bits per heavy atom. The van der Waals surface area contributed by atoms with E-state index in [9.17, 15) is 8.42 Å². The third kappa shape index (κ3) is 3.64. The van der Waals surface area contributed by atoms with Crippen LogP contribution in [0.2, 0.25) is 0 Å². The van der Waals surface area contributed by atoms with Crippen molar-refractivity contribution in [3.63, 3.8) is 0 Å². The number of aromatic amines is 1. The molecule has 2 aliphatic carbocycles.